The number of hydrogen-bond acceptors (Lipinski definition) is 5. The van der Waals surface area contributed by atoms with Gasteiger partial charge in [-0.3, -0.25) is 0 Å². The lowest BCUT2D eigenvalue weighted by Crippen LogP contribution is -2.52. The summed E-state index contributed by atoms with van der Waals surface area (Å²) in [6.45, 7) is 0. The fourth-order valence-corrected chi connectivity index (χ4v) is 0.338. The standard InChI is InChI=1S/B3H4N2O3/c4-2-6-1-7-3(5)8-2/h4-5H2. The van der Waals surface area contributed by atoms with Gasteiger partial charge in [-0.05, 0) is 0 Å². The number of nitrogens with two attached hydrogens (primary N) is 2. The molecule has 1 radical (unpaired) electrons. The molecule has 8 heavy (non-hydrogen) atoms. The average molecular weight is 112 g/mol. The summed E-state index contributed by atoms with van der Waals surface area (Å²) in [5.74, 6) is 0. The molecule has 4 N–H and O–H groups in total. The van der Waals surface area contributed by atoms with Crippen molar-refractivity contribution in [3.8, 4) is 0 Å². The van der Waals surface area contributed by atoms with E-state index in [0.29, 0.717) is 0 Å². The largest absolute Gasteiger partial charge is 0.524 e. The van der Waals surface area contributed by atoms with Crippen molar-refractivity contribution in [2.75, 3.05) is 0 Å². The maximum atomic E-state index is 5.09. The van der Waals surface area contributed by atoms with Gasteiger partial charge in [-0.2, -0.15) is 0 Å². The molecule has 0 aromatic carbocycles. The van der Waals surface area contributed by atoms with E-state index in [9.17, 15) is 0 Å². The highest BCUT2D eigenvalue weighted by Crippen LogP contribution is 1.90. The number of rotatable bonds is 0. The minimum atomic E-state index is -0.793. The molecule has 0 atom stereocenters. The molecule has 0 amide bonds. The Bertz CT molecular complexity index is 70.9. The molecule has 8 heteroatoms. The van der Waals surface area contributed by atoms with E-state index >= 15 is 0 Å². The first kappa shape index (κ1) is 6.12. The van der Waals surface area contributed by atoms with Gasteiger partial charge in [-0.25, -0.2) is 0 Å². The molecule has 0 unspecified atom stereocenters. The van der Waals surface area contributed by atoms with Crippen LogP contribution in [0.1, 0.15) is 0 Å². The number of hydrogen-bond donors (Lipinski definition) is 2. The minimum Gasteiger partial charge on any atom is -0.441 e. The molecule has 1 rings (SSSR count). The van der Waals surface area contributed by atoms with E-state index in [2.05, 4.69) is 13.7 Å². The van der Waals surface area contributed by atoms with Crippen LogP contribution in [0.5, 0.6) is 0 Å². The molecule has 1 saturated heterocycles. The molecule has 0 spiro atoms. The molecule has 41 valence electrons. The third-order valence-corrected chi connectivity index (χ3v) is 0.648. The predicted molar refractivity (Wildman–Crippen MR) is 28.9 cm³/mol. The zero-order valence-electron chi connectivity index (χ0n) is 4.11. The van der Waals surface area contributed by atoms with Crippen LogP contribution in [0, 0.1) is 0 Å². The first-order valence-electron chi connectivity index (χ1n) is 2.08. The summed E-state index contributed by atoms with van der Waals surface area (Å²) in [4.78, 5) is 0. The van der Waals surface area contributed by atoms with Crippen LogP contribution in [0.2, 0.25) is 0 Å². The Morgan fingerprint density at radius 2 is 1.62 bits per heavy atom. The highest BCUT2D eigenvalue weighted by molar-refractivity contribution is 6.65. The second-order valence-corrected chi connectivity index (χ2v) is 1.24. The van der Waals surface area contributed by atoms with E-state index in [0.717, 1.165) is 7.69 Å². The van der Waals surface area contributed by atoms with E-state index < -0.39 is 14.5 Å². The first-order chi connectivity index (χ1) is 3.79. The molecular formula is H4B3N2O3. The summed E-state index contributed by atoms with van der Waals surface area (Å²) in [6.07, 6.45) is 0. The summed E-state index contributed by atoms with van der Waals surface area (Å²) < 4.78 is 13.5. The smallest absolute Gasteiger partial charge is 0.441 e. The maximum Gasteiger partial charge on any atom is 0.524 e. The minimum absolute atomic E-state index is 0.793. The summed E-state index contributed by atoms with van der Waals surface area (Å²) in [5.41, 5.74) is 10.2. The van der Waals surface area contributed by atoms with Crippen molar-refractivity contribution in [2.24, 2.45) is 11.3 Å². The zero-order valence-corrected chi connectivity index (χ0v) is 4.11. The first-order valence-corrected chi connectivity index (χ1v) is 2.08. The molecule has 0 aromatic rings. The normalized spacial score (nSPS) is 20.8. The lowest BCUT2D eigenvalue weighted by molar-refractivity contribution is 0.302. The summed E-state index contributed by atoms with van der Waals surface area (Å²) in [5, 5.41) is 0. The summed E-state index contributed by atoms with van der Waals surface area (Å²) >= 11 is 0. The van der Waals surface area contributed by atoms with Crippen LogP contribution in [0.3, 0.4) is 0 Å². The van der Waals surface area contributed by atoms with E-state index in [4.69, 9.17) is 11.3 Å². The van der Waals surface area contributed by atoms with Gasteiger partial charge in [-0.15, -0.1) is 0 Å². The quantitative estimate of drug-likeness (QED) is 0.338. The van der Waals surface area contributed by atoms with E-state index in [-0.39, 0.29) is 0 Å². The van der Waals surface area contributed by atoms with Gasteiger partial charge in [0.2, 0.25) is 0 Å². The van der Waals surface area contributed by atoms with Crippen LogP contribution in [0.4, 0.5) is 0 Å². The highest BCUT2D eigenvalue weighted by atomic mass is 16.7. The van der Waals surface area contributed by atoms with Crippen LogP contribution in [0.25, 0.3) is 0 Å². The topological polar surface area (TPSA) is 79.7 Å². The second-order valence-electron chi connectivity index (χ2n) is 1.24. The fourth-order valence-electron chi connectivity index (χ4n) is 0.338. The highest BCUT2D eigenvalue weighted by Gasteiger charge is 2.28. The zero-order chi connectivity index (χ0) is 5.98. The van der Waals surface area contributed by atoms with Gasteiger partial charge in [0.05, 0.1) is 0 Å². The Balaban J connectivity index is 2.23. The molecule has 1 fully saturated rings. The Morgan fingerprint density at radius 1 is 1.12 bits per heavy atom. The molecule has 0 bridgehead atoms. The van der Waals surface area contributed by atoms with Crippen molar-refractivity contribution in [1.82, 2.24) is 0 Å². The summed E-state index contributed by atoms with van der Waals surface area (Å²) in [6, 6.07) is 0. The van der Waals surface area contributed by atoms with Crippen molar-refractivity contribution in [1.29, 1.82) is 0 Å². The Morgan fingerprint density at radius 3 is 1.88 bits per heavy atom. The van der Waals surface area contributed by atoms with E-state index in [1.165, 1.54) is 0 Å². The van der Waals surface area contributed by atoms with Crippen LogP contribution < -0.4 is 11.3 Å². The van der Waals surface area contributed by atoms with Crippen LogP contribution in [-0.2, 0) is 13.7 Å². The van der Waals surface area contributed by atoms with Crippen LogP contribution >= 0.6 is 0 Å². The Labute approximate surface area is 48.3 Å². The van der Waals surface area contributed by atoms with Gasteiger partial charge in [0, 0.05) is 0 Å². The predicted octanol–water partition coefficient (Wildman–Crippen LogP) is -2.53. The second kappa shape index (κ2) is 2.52. The van der Waals surface area contributed by atoms with Gasteiger partial charge < -0.3 is 25.0 Å². The van der Waals surface area contributed by atoms with E-state index in [1.54, 1.807) is 0 Å². The molecule has 0 aliphatic carbocycles. The van der Waals surface area contributed by atoms with E-state index in [1.807, 2.05) is 0 Å². The van der Waals surface area contributed by atoms with Crippen molar-refractivity contribution in [3.63, 3.8) is 0 Å². The third-order valence-electron chi connectivity index (χ3n) is 0.648. The fraction of sp³-hybridized carbons (Fsp3) is 0. The lowest BCUT2D eigenvalue weighted by Gasteiger charge is -2.18. The summed E-state index contributed by atoms with van der Waals surface area (Å²) in [7, 11) is -0.531. The Kier molecular flexibility index (Phi) is 1.92. The third kappa shape index (κ3) is 1.50. The van der Waals surface area contributed by atoms with Crippen LogP contribution in [-0.4, -0.2) is 22.2 Å². The molecule has 5 nitrogen and oxygen atoms in total. The maximum absolute atomic E-state index is 5.09. The van der Waals surface area contributed by atoms with Gasteiger partial charge >= 0.3 is 22.2 Å². The van der Waals surface area contributed by atoms with Crippen molar-refractivity contribution in [2.45, 2.75) is 0 Å². The molecule has 1 aliphatic heterocycles. The van der Waals surface area contributed by atoms with Crippen LogP contribution in [0.15, 0.2) is 0 Å². The Hall–Kier alpha value is -0.00519. The van der Waals surface area contributed by atoms with Gasteiger partial charge in [0.25, 0.3) is 0 Å². The lowest BCUT2D eigenvalue weighted by atomic mass is 9.96. The average Bonchev–Trinajstić information content (AvgIpc) is 1.64. The molecular weight excluding hydrogens is 108 g/mol. The van der Waals surface area contributed by atoms with Gasteiger partial charge in [0.1, 0.15) is 0 Å². The van der Waals surface area contributed by atoms with Gasteiger partial charge in [-0.1, -0.05) is 0 Å². The van der Waals surface area contributed by atoms with Crippen molar-refractivity contribution in [3.05, 3.63) is 0 Å². The molecule has 1 heterocycles. The molecule has 0 saturated carbocycles. The molecule has 0 aromatic heterocycles. The van der Waals surface area contributed by atoms with Gasteiger partial charge in [0.15, 0.2) is 0 Å². The molecule has 1 aliphatic rings. The van der Waals surface area contributed by atoms with Crippen molar-refractivity contribution >= 4 is 22.2 Å². The van der Waals surface area contributed by atoms with Crippen molar-refractivity contribution < 1.29 is 13.7 Å². The monoisotopic (exact) mass is 113 g/mol. The SMILES string of the molecule is NB1O[B]OB(N)O1.